The molecule has 0 saturated heterocycles. The van der Waals surface area contributed by atoms with E-state index in [4.69, 9.17) is 0 Å². The molecule has 0 radical (unpaired) electrons. The van der Waals surface area contributed by atoms with Gasteiger partial charge in [0.25, 0.3) is 0 Å². The van der Waals surface area contributed by atoms with E-state index in [1.807, 2.05) is 17.9 Å². The number of aromatic nitrogens is 2. The zero-order chi connectivity index (χ0) is 10.7. The van der Waals surface area contributed by atoms with Gasteiger partial charge in [-0.1, -0.05) is 6.42 Å². The van der Waals surface area contributed by atoms with Crippen molar-refractivity contribution in [1.82, 2.24) is 15.1 Å². The van der Waals surface area contributed by atoms with E-state index in [0.29, 0.717) is 0 Å². The van der Waals surface area contributed by atoms with Gasteiger partial charge in [-0.15, -0.1) is 0 Å². The van der Waals surface area contributed by atoms with Crippen LogP contribution in [0.25, 0.3) is 0 Å². The van der Waals surface area contributed by atoms with Gasteiger partial charge in [-0.3, -0.25) is 4.68 Å². The van der Waals surface area contributed by atoms with Crippen molar-refractivity contribution in [3.63, 3.8) is 0 Å². The molecule has 1 aromatic rings. The Hall–Kier alpha value is -0.830. The van der Waals surface area contributed by atoms with Crippen molar-refractivity contribution in [2.24, 2.45) is 13.0 Å². The summed E-state index contributed by atoms with van der Waals surface area (Å²) in [6.45, 7) is 0. The molecule has 1 aromatic heterocycles. The van der Waals surface area contributed by atoms with Gasteiger partial charge in [0.15, 0.2) is 0 Å². The molecule has 2 unspecified atom stereocenters. The average molecular weight is 207 g/mol. The van der Waals surface area contributed by atoms with Crippen LogP contribution in [0.1, 0.15) is 31.4 Å². The average Bonchev–Trinajstić information content (AvgIpc) is 2.64. The van der Waals surface area contributed by atoms with Crippen LogP contribution in [0.3, 0.4) is 0 Å². The highest BCUT2D eigenvalue weighted by atomic mass is 15.2. The minimum Gasteiger partial charge on any atom is -0.317 e. The standard InChI is InChI=1S/C12H21N3/c1-13-11-5-3-4-10(8-11)9-12-6-7-15(2)14-12/h6-7,10-11,13H,3-5,8-9H2,1-2H3. The first-order chi connectivity index (χ1) is 7.28. The molecule has 0 aromatic carbocycles. The predicted molar refractivity (Wildman–Crippen MR) is 61.7 cm³/mol. The van der Waals surface area contributed by atoms with Gasteiger partial charge in [-0.2, -0.15) is 5.10 Å². The summed E-state index contributed by atoms with van der Waals surface area (Å²) in [5.74, 6) is 0.825. The zero-order valence-electron chi connectivity index (χ0n) is 9.74. The summed E-state index contributed by atoms with van der Waals surface area (Å²) in [6.07, 6.45) is 8.58. The summed E-state index contributed by atoms with van der Waals surface area (Å²) in [5, 5.41) is 7.85. The molecule has 0 bridgehead atoms. The van der Waals surface area contributed by atoms with Gasteiger partial charge in [-0.05, 0) is 44.7 Å². The van der Waals surface area contributed by atoms with Crippen molar-refractivity contribution in [2.45, 2.75) is 38.1 Å². The van der Waals surface area contributed by atoms with Crippen molar-refractivity contribution in [2.75, 3.05) is 7.05 Å². The molecule has 1 saturated carbocycles. The summed E-state index contributed by atoms with van der Waals surface area (Å²) in [6, 6.07) is 2.87. The lowest BCUT2D eigenvalue weighted by molar-refractivity contribution is 0.292. The van der Waals surface area contributed by atoms with Gasteiger partial charge in [0, 0.05) is 19.3 Å². The van der Waals surface area contributed by atoms with E-state index in [0.717, 1.165) is 18.4 Å². The molecule has 1 N–H and O–H groups in total. The normalized spacial score (nSPS) is 26.8. The van der Waals surface area contributed by atoms with Crippen LogP contribution in [-0.2, 0) is 13.5 Å². The molecule has 1 aliphatic carbocycles. The summed E-state index contributed by atoms with van der Waals surface area (Å²) < 4.78 is 1.90. The lowest BCUT2D eigenvalue weighted by Crippen LogP contribution is -2.32. The SMILES string of the molecule is CNC1CCCC(Cc2ccn(C)n2)C1. The third-order valence-corrected chi connectivity index (χ3v) is 3.46. The molecule has 1 heterocycles. The van der Waals surface area contributed by atoms with Crippen LogP contribution in [0.5, 0.6) is 0 Å². The Kier molecular flexibility index (Phi) is 3.41. The maximum Gasteiger partial charge on any atom is 0.0627 e. The third-order valence-electron chi connectivity index (χ3n) is 3.46. The maximum absolute atomic E-state index is 4.45. The molecule has 1 fully saturated rings. The second-order valence-corrected chi connectivity index (χ2v) is 4.70. The monoisotopic (exact) mass is 207 g/mol. The van der Waals surface area contributed by atoms with Gasteiger partial charge in [0.1, 0.15) is 0 Å². The Bertz CT molecular complexity index is 306. The zero-order valence-corrected chi connectivity index (χ0v) is 9.74. The predicted octanol–water partition coefficient (Wildman–Crippen LogP) is 1.74. The largest absolute Gasteiger partial charge is 0.317 e. The topological polar surface area (TPSA) is 29.9 Å². The number of rotatable bonds is 3. The molecule has 3 heteroatoms. The van der Waals surface area contributed by atoms with E-state index in [1.165, 1.54) is 31.4 Å². The maximum atomic E-state index is 4.45. The molecule has 84 valence electrons. The number of nitrogens with one attached hydrogen (secondary N) is 1. The molecular formula is C12H21N3. The number of nitrogens with zero attached hydrogens (tertiary/aromatic N) is 2. The van der Waals surface area contributed by atoms with Crippen molar-refractivity contribution >= 4 is 0 Å². The highest BCUT2D eigenvalue weighted by Gasteiger charge is 2.21. The van der Waals surface area contributed by atoms with Gasteiger partial charge >= 0.3 is 0 Å². The Labute approximate surface area is 91.9 Å². The van der Waals surface area contributed by atoms with E-state index in [2.05, 4.69) is 23.5 Å². The Morgan fingerprint density at radius 3 is 3.07 bits per heavy atom. The fourth-order valence-electron chi connectivity index (χ4n) is 2.61. The fraction of sp³-hybridized carbons (Fsp3) is 0.750. The van der Waals surface area contributed by atoms with Gasteiger partial charge in [0.2, 0.25) is 0 Å². The van der Waals surface area contributed by atoms with Crippen LogP contribution in [-0.4, -0.2) is 22.9 Å². The molecule has 2 atom stereocenters. The summed E-state index contributed by atoms with van der Waals surface area (Å²) in [7, 11) is 4.06. The van der Waals surface area contributed by atoms with Crippen molar-refractivity contribution in [1.29, 1.82) is 0 Å². The highest BCUT2D eigenvalue weighted by molar-refractivity contribution is 5.00. The third kappa shape index (κ3) is 2.81. The number of hydrogen-bond acceptors (Lipinski definition) is 2. The van der Waals surface area contributed by atoms with E-state index in [-0.39, 0.29) is 0 Å². The first-order valence-electron chi connectivity index (χ1n) is 5.93. The number of aryl methyl sites for hydroxylation is 1. The van der Waals surface area contributed by atoms with Crippen LogP contribution in [0, 0.1) is 5.92 Å². The van der Waals surface area contributed by atoms with Crippen LogP contribution in [0.15, 0.2) is 12.3 Å². The van der Waals surface area contributed by atoms with E-state index < -0.39 is 0 Å². The second kappa shape index (κ2) is 4.79. The first kappa shape index (κ1) is 10.7. The van der Waals surface area contributed by atoms with Gasteiger partial charge < -0.3 is 5.32 Å². The minimum atomic E-state index is 0.729. The van der Waals surface area contributed by atoms with E-state index in [9.17, 15) is 0 Å². The Morgan fingerprint density at radius 1 is 1.53 bits per heavy atom. The molecule has 3 nitrogen and oxygen atoms in total. The van der Waals surface area contributed by atoms with Crippen LogP contribution in [0.2, 0.25) is 0 Å². The van der Waals surface area contributed by atoms with Gasteiger partial charge in [0.05, 0.1) is 5.69 Å². The molecular weight excluding hydrogens is 186 g/mol. The van der Waals surface area contributed by atoms with Crippen LogP contribution >= 0.6 is 0 Å². The molecule has 0 aliphatic heterocycles. The second-order valence-electron chi connectivity index (χ2n) is 4.70. The van der Waals surface area contributed by atoms with Crippen molar-refractivity contribution in [3.8, 4) is 0 Å². The molecule has 2 rings (SSSR count). The molecule has 0 amide bonds. The van der Waals surface area contributed by atoms with E-state index >= 15 is 0 Å². The van der Waals surface area contributed by atoms with Crippen molar-refractivity contribution in [3.05, 3.63) is 18.0 Å². The highest BCUT2D eigenvalue weighted by Crippen LogP contribution is 2.26. The van der Waals surface area contributed by atoms with Crippen molar-refractivity contribution < 1.29 is 0 Å². The quantitative estimate of drug-likeness (QED) is 0.818. The molecule has 15 heavy (non-hydrogen) atoms. The van der Waals surface area contributed by atoms with Crippen LogP contribution < -0.4 is 5.32 Å². The summed E-state index contributed by atoms with van der Waals surface area (Å²) >= 11 is 0. The summed E-state index contributed by atoms with van der Waals surface area (Å²) in [5.41, 5.74) is 1.25. The van der Waals surface area contributed by atoms with E-state index in [1.54, 1.807) is 0 Å². The lowest BCUT2D eigenvalue weighted by Gasteiger charge is -2.28. The fourth-order valence-corrected chi connectivity index (χ4v) is 2.61. The smallest absolute Gasteiger partial charge is 0.0627 e. The Morgan fingerprint density at radius 2 is 2.40 bits per heavy atom. The lowest BCUT2D eigenvalue weighted by atomic mass is 9.83. The molecule has 1 aliphatic rings. The van der Waals surface area contributed by atoms with Crippen LogP contribution in [0.4, 0.5) is 0 Å². The number of hydrogen-bond donors (Lipinski definition) is 1. The molecule has 0 spiro atoms. The summed E-state index contributed by atoms with van der Waals surface area (Å²) in [4.78, 5) is 0. The first-order valence-corrected chi connectivity index (χ1v) is 5.93. The Balaban J connectivity index is 1.88. The van der Waals surface area contributed by atoms with Gasteiger partial charge in [-0.25, -0.2) is 0 Å². The minimum absolute atomic E-state index is 0.729.